The van der Waals surface area contributed by atoms with Gasteiger partial charge in [-0.15, -0.1) is 0 Å². The Kier molecular flexibility index (Phi) is 4.59. The van der Waals surface area contributed by atoms with Crippen LogP contribution in [0.4, 0.5) is 0 Å². The quantitative estimate of drug-likeness (QED) is 0.467. The maximum absolute atomic E-state index is 12.7. The molecule has 0 spiro atoms. The number of benzene rings is 2. The zero-order valence-corrected chi connectivity index (χ0v) is 15.9. The van der Waals surface area contributed by atoms with Gasteiger partial charge in [0.1, 0.15) is 5.69 Å². The van der Waals surface area contributed by atoms with E-state index in [0.717, 1.165) is 16.5 Å². The van der Waals surface area contributed by atoms with Crippen molar-refractivity contribution < 1.29 is 9.59 Å². The summed E-state index contributed by atoms with van der Waals surface area (Å²) < 4.78 is 1.22. The van der Waals surface area contributed by atoms with E-state index >= 15 is 0 Å². The Morgan fingerprint density at radius 1 is 1.03 bits per heavy atom. The molecule has 8 heteroatoms. The molecule has 0 radical (unpaired) electrons. The molecule has 0 fully saturated rings. The van der Waals surface area contributed by atoms with E-state index < -0.39 is 11.8 Å². The van der Waals surface area contributed by atoms with Crippen molar-refractivity contribution in [3.05, 3.63) is 75.8 Å². The van der Waals surface area contributed by atoms with Gasteiger partial charge in [-0.3, -0.25) is 25.2 Å². The molecule has 4 rings (SSSR count). The average Bonchev–Trinajstić information content (AvgIpc) is 3.15. The minimum Gasteiger partial charge on any atom is -0.350 e. The van der Waals surface area contributed by atoms with E-state index in [9.17, 15) is 14.4 Å². The number of hydrogen-bond acceptors (Lipinski definition) is 4. The van der Waals surface area contributed by atoms with Crippen molar-refractivity contribution in [2.45, 2.75) is 20.4 Å². The van der Waals surface area contributed by atoms with Crippen molar-refractivity contribution in [1.29, 1.82) is 0 Å². The lowest BCUT2D eigenvalue weighted by Crippen LogP contribution is -2.43. The largest absolute Gasteiger partial charge is 0.350 e. The topological polar surface area (TPSA) is 109 Å². The Morgan fingerprint density at radius 2 is 1.76 bits per heavy atom. The van der Waals surface area contributed by atoms with Crippen LogP contribution in [0.2, 0.25) is 0 Å². The van der Waals surface area contributed by atoms with Gasteiger partial charge in [0.2, 0.25) is 0 Å². The lowest BCUT2D eigenvalue weighted by atomic mass is 10.1. The lowest BCUT2D eigenvalue weighted by molar-refractivity contribution is 0.0841. The number of amides is 2. The number of carbonyl (C=O) groups excluding carboxylic acids is 2. The highest BCUT2D eigenvalue weighted by atomic mass is 16.2. The number of hydrazine groups is 1. The summed E-state index contributed by atoms with van der Waals surface area (Å²) in [5.41, 5.74) is 6.80. The van der Waals surface area contributed by atoms with Crippen LogP contribution in [-0.4, -0.2) is 26.6 Å². The van der Waals surface area contributed by atoms with E-state index in [4.69, 9.17) is 0 Å². The van der Waals surface area contributed by atoms with E-state index in [2.05, 4.69) is 20.9 Å². The molecular weight excluding hydrogens is 370 g/mol. The third-order valence-electron chi connectivity index (χ3n) is 4.69. The van der Waals surface area contributed by atoms with Crippen LogP contribution in [0.25, 0.3) is 21.7 Å². The van der Waals surface area contributed by atoms with E-state index in [0.29, 0.717) is 23.0 Å². The molecule has 0 aliphatic rings. The third kappa shape index (κ3) is 3.36. The van der Waals surface area contributed by atoms with E-state index in [1.807, 2.05) is 25.1 Å². The van der Waals surface area contributed by atoms with Gasteiger partial charge >= 0.3 is 0 Å². The molecule has 0 unspecified atom stereocenters. The van der Waals surface area contributed by atoms with E-state index in [1.165, 1.54) is 4.68 Å². The van der Waals surface area contributed by atoms with Gasteiger partial charge in [0.15, 0.2) is 5.69 Å². The molecule has 146 valence electrons. The van der Waals surface area contributed by atoms with Crippen LogP contribution in [-0.2, 0) is 6.54 Å². The summed E-state index contributed by atoms with van der Waals surface area (Å²) in [6.45, 7) is 4.06. The molecule has 8 nitrogen and oxygen atoms in total. The second-order valence-corrected chi connectivity index (χ2v) is 6.70. The first-order chi connectivity index (χ1) is 14.0. The fourth-order valence-electron chi connectivity index (χ4n) is 3.22. The summed E-state index contributed by atoms with van der Waals surface area (Å²) in [5.74, 6) is -1.09. The Labute approximate surface area is 165 Å². The molecule has 2 heterocycles. The maximum Gasteiger partial charge on any atom is 0.290 e. The lowest BCUT2D eigenvalue weighted by Gasteiger charge is -2.10. The normalized spacial score (nSPS) is 11.0. The van der Waals surface area contributed by atoms with Crippen molar-refractivity contribution in [1.82, 2.24) is 25.6 Å². The Balaban J connectivity index is 1.58. The van der Waals surface area contributed by atoms with Crippen LogP contribution in [0, 0.1) is 6.92 Å². The number of nitrogens with one attached hydrogen (secondary N) is 3. The third-order valence-corrected chi connectivity index (χ3v) is 4.69. The number of rotatable bonds is 3. The number of nitrogens with zero attached hydrogens (tertiary/aromatic N) is 2. The number of carbonyl (C=O) groups is 2. The Hall–Kier alpha value is -3.94. The molecule has 0 saturated heterocycles. The molecule has 3 N–H and O–H groups in total. The molecule has 4 aromatic rings. The van der Waals surface area contributed by atoms with Crippen molar-refractivity contribution in [3.8, 4) is 0 Å². The number of aromatic amines is 1. The molecular formula is C21H19N5O3. The summed E-state index contributed by atoms with van der Waals surface area (Å²) in [7, 11) is 0. The predicted molar refractivity (Wildman–Crippen MR) is 110 cm³/mol. The van der Waals surface area contributed by atoms with Crippen LogP contribution in [0.15, 0.2) is 53.3 Å². The van der Waals surface area contributed by atoms with Gasteiger partial charge in [-0.25, -0.2) is 4.68 Å². The fourth-order valence-corrected chi connectivity index (χ4v) is 3.22. The number of aryl methyl sites for hydroxylation is 2. The molecule has 0 saturated carbocycles. The summed E-state index contributed by atoms with van der Waals surface area (Å²) in [4.78, 5) is 40.5. The monoisotopic (exact) mass is 389 g/mol. The van der Waals surface area contributed by atoms with Crippen LogP contribution >= 0.6 is 0 Å². The van der Waals surface area contributed by atoms with E-state index in [1.54, 1.807) is 37.3 Å². The van der Waals surface area contributed by atoms with Gasteiger partial charge in [0.25, 0.3) is 17.4 Å². The van der Waals surface area contributed by atoms with Crippen molar-refractivity contribution in [2.24, 2.45) is 0 Å². The minimum absolute atomic E-state index is 0.0645. The smallest absolute Gasteiger partial charge is 0.290 e. The summed E-state index contributed by atoms with van der Waals surface area (Å²) in [6, 6.07) is 14.3. The molecule has 29 heavy (non-hydrogen) atoms. The molecule has 0 aliphatic carbocycles. The molecule has 0 aliphatic heterocycles. The highest BCUT2D eigenvalue weighted by Gasteiger charge is 2.17. The van der Waals surface area contributed by atoms with E-state index in [-0.39, 0.29) is 11.3 Å². The molecule has 0 atom stereocenters. The summed E-state index contributed by atoms with van der Waals surface area (Å²) >= 11 is 0. The minimum atomic E-state index is -0.608. The first-order valence-corrected chi connectivity index (χ1v) is 9.18. The van der Waals surface area contributed by atoms with Crippen LogP contribution in [0.3, 0.4) is 0 Å². The number of fused-ring (bicyclic) bond motifs is 2. The highest BCUT2D eigenvalue weighted by molar-refractivity contribution is 6.06. The molecule has 2 aromatic heterocycles. The Bertz CT molecular complexity index is 1320. The first-order valence-electron chi connectivity index (χ1n) is 9.18. The average molecular weight is 389 g/mol. The second-order valence-electron chi connectivity index (χ2n) is 6.70. The SMILES string of the molecule is CCn1nc(C(=O)NNC(=O)c2cc3ccc(C)cc3[nH]2)c2ccccc2c1=O. The second kappa shape index (κ2) is 7.23. The maximum atomic E-state index is 12.7. The fraction of sp³-hybridized carbons (Fsp3) is 0.143. The zero-order chi connectivity index (χ0) is 20.5. The van der Waals surface area contributed by atoms with Crippen LogP contribution in [0.1, 0.15) is 33.5 Å². The predicted octanol–water partition coefficient (Wildman–Crippen LogP) is 2.28. The van der Waals surface area contributed by atoms with Gasteiger partial charge < -0.3 is 4.98 Å². The van der Waals surface area contributed by atoms with Gasteiger partial charge in [0, 0.05) is 22.8 Å². The highest BCUT2D eigenvalue weighted by Crippen LogP contribution is 2.17. The van der Waals surface area contributed by atoms with Crippen molar-refractivity contribution >= 4 is 33.5 Å². The van der Waals surface area contributed by atoms with Crippen LogP contribution < -0.4 is 16.4 Å². The van der Waals surface area contributed by atoms with Gasteiger partial charge in [-0.2, -0.15) is 5.10 Å². The van der Waals surface area contributed by atoms with Crippen LogP contribution in [0.5, 0.6) is 0 Å². The van der Waals surface area contributed by atoms with Crippen molar-refractivity contribution in [3.63, 3.8) is 0 Å². The van der Waals surface area contributed by atoms with Gasteiger partial charge in [0.05, 0.1) is 5.39 Å². The number of hydrogen-bond donors (Lipinski definition) is 3. The summed E-state index contributed by atoms with van der Waals surface area (Å²) in [5, 5.41) is 5.87. The van der Waals surface area contributed by atoms with Gasteiger partial charge in [-0.05, 0) is 37.6 Å². The first kappa shape index (κ1) is 18.4. The zero-order valence-electron chi connectivity index (χ0n) is 15.9. The molecule has 2 aromatic carbocycles. The number of H-pyrrole nitrogens is 1. The standard InChI is InChI=1S/C21H19N5O3/c1-3-26-21(29)15-7-5-4-6-14(15)18(25-26)20(28)24-23-19(27)17-11-13-9-8-12(2)10-16(13)22-17/h4-11,22H,3H2,1-2H3,(H,23,27)(H,24,28). The van der Waals surface area contributed by atoms with Crippen molar-refractivity contribution in [2.75, 3.05) is 0 Å². The molecule has 2 amide bonds. The number of aromatic nitrogens is 3. The summed E-state index contributed by atoms with van der Waals surface area (Å²) in [6.07, 6.45) is 0. The Morgan fingerprint density at radius 3 is 2.52 bits per heavy atom. The molecule has 0 bridgehead atoms. The van der Waals surface area contributed by atoms with Gasteiger partial charge in [-0.1, -0.05) is 30.3 Å².